The molecule has 14 heavy (non-hydrogen) atoms. The SMILES string of the molecule is C1CCCC1.CCOCC.OCCO. The topological polar surface area (TPSA) is 49.7 Å². The molecule has 0 aliphatic heterocycles. The lowest BCUT2D eigenvalue weighted by molar-refractivity contribution is 0.162. The number of rotatable bonds is 3. The van der Waals surface area contributed by atoms with Crippen LogP contribution in [-0.2, 0) is 4.74 Å². The van der Waals surface area contributed by atoms with Gasteiger partial charge in [-0.2, -0.15) is 0 Å². The van der Waals surface area contributed by atoms with Gasteiger partial charge in [-0.1, -0.05) is 32.1 Å². The summed E-state index contributed by atoms with van der Waals surface area (Å²) in [5.74, 6) is 0. The number of hydrogen-bond donors (Lipinski definition) is 2. The maximum atomic E-state index is 7.62. The molecule has 1 saturated carbocycles. The second kappa shape index (κ2) is 18.6. The van der Waals surface area contributed by atoms with Crippen LogP contribution in [-0.4, -0.2) is 36.6 Å². The van der Waals surface area contributed by atoms with Crippen molar-refractivity contribution in [3.05, 3.63) is 0 Å². The summed E-state index contributed by atoms with van der Waals surface area (Å²) in [7, 11) is 0. The minimum absolute atomic E-state index is 0.125. The van der Waals surface area contributed by atoms with Crippen LogP contribution in [0.4, 0.5) is 0 Å². The van der Waals surface area contributed by atoms with Crippen molar-refractivity contribution < 1.29 is 14.9 Å². The van der Waals surface area contributed by atoms with Crippen LogP contribution >= 0.6 is 0 Å². The summed E-state index contributed by atoms with van der Waals surface area (Å²) in [4.78, 5) is 0. The third-order valence-electron chi connectivity index (χ3n) is 1.76. The minimum atomic E-state index is -0.125. The molecule has 0 amide bonds. The van der Waals surface area contributed by atoms with Gasteiger partial charge in [0.25, 0.3) is 0 Å². The quantitative estimate of drug-likeness (QED) is 0.742. The first kappa shape index (κ1) is 16.3. The molecule has 1 rings (SSSR count). The van der Waals surface area contributed by atoms with E-state index in [2.05, 4.69) is 0 Å². The molecule has 0 spiro atoms. The molecule has 0 saturated heterocycles. The molecule has 0 atom stereocenters. The van der Waals surface area contributed by atoms with E-state index in [1.165, 1.54) is 32.1 Å². The van der Waals surface area contributed by atoms with Gasteiger partial charge in [-0.3, -0.25) is 0 Å². The summed E-state index contributed by atoms with van der Waals surface area (Å²) in [6.07, 6.45) is 7.50. The maximum absolute atomic E-state index is 7.62. The summed E-state index contributed by atoms with van der Waals surface area (Å²) in [5, 5.41) is 15.2. The molecule has 0 aromatic heterocycles. The fourth-order valence-electron chi connectivity index (χ4n) is 1.09. The third-order valence-corrected chi connectivity index (χ3v) is 1.76. The van der Waals surface area contributed by atoms with Gasteiger partial charge in [0.2, 0.25) is 0 Å². The number of ether oxygens (including phenoxy) is 1. The zero-order valence-corrected chi connectivity index (χ0v) is 9.67. The van der Waals surface area contributed by atoms with Gasteiger partial charge in [-0.25, -0.2) is 0 Å². The summed E-state index contributed by atoms with van der Waals surface area (Å²) < 4.78 is 4.83. The number of aliphatic hydroxyl groups is 2. The molecule has 1 aliphatic carbocycles. The third kappa shape index (κ3) is 22.6. The van der Waals surface area contributed by atoms with Gasteiger partial charge in [0, 0.05) is 13.2 Å². The van der Waals surface area contributed by atoms with E-state index >= 15 is 0 Å². The summed E-state index contributed by atoms with van der Waals surface area (Å²) in [6, 6.07) is 0. The van der Waals surface area contributed by atoms with E-state index in [0.29, 0.717) is 0 Å². The molecule has 1 aliphatic rings. The average Bonchev–Trinajstić information content (AvgIpc) is 2.78. The molecule has 0 radical (unpaired) electrons. The van der Waals surface area contributed by atoms with Crippen molar-refractivity contribution in [1.82, 2.24) is 0 Å². The highest BCUT2D eigenvalue weighted by Crippen LogP contribution is 2.15. The monoisotopic (exact) mass is 206 g/mol. The van der Waals surface area contributed by atoms with Crippen molar-refractivity contribution >= 4 is 0 Å². The van der Waals surface area contributed by atoms with E-state index in [4.69, 9.17) is 14.9 Å². The lowest BCUT2D eigenvalue weighted by Crippen LogP contribution is -1.85. The van der Waals surface area contributed by atoms with Gasteiger partial charge in [0.15, 0.2) is 0 Å². The molecule has 3 nitrogen and oxygen atoms in total. The van der Waals surface area contributed by atoms with E-state index in [1.807, 2.05) is 13.8 Å². The second-order valence-corrected chi connectivity index (χ2v) is 3.00. The summed E-state index contributed by atoms with van der Waals surface area (Å²) in [5.41, 5.74) is 0. The Bertz CT molecular complexity index is 61.3. The van der Waals surface area contributed by atoms with Crippen LogP contribution in [0.2, 0.25) is 0 Å². The lowest BCUT2D eigenvalue weighted by atomic mass is 10.4. The predicted molar refractivity (Wildman–Crippen MR) is 59.4 cm³/mol. The van der Waals surface area contributed by atoms with E-state index in [9.17, 15) is 0 Å². The minimum Gasteiger partial charge on any atom is -0.394 e. The highest BCUT2D eigenvalue weighted by atomic mass is 16.5. The molecule has 0 aromatic carbocycles. The van der Waals surface area contributed by atoms with Gasteiger partial charge < -0.3 is 14.9 Å². The van der Waals surface area contributed by atoms with Crippen LogP contribution in [0.15, 0.2) is 0 Å². The standard InChI is InChI=1S/C5H10.C4H10O.C2H6O2/c1-2-4-5-3-1;1-3-5-4-2;3-1-2-4/h1-5H2;3-4H2,1-2H3;3-4H,1-2H2. The smallest absolute Gasteiger partial charge is 0.0662 e. The van der Waals surface area contributed by atoms with Crippen molar-refractivity contribution in [1.29, 1.82) is 0 Å². The Balaban J connectivity index is 0. The van der Waals surface area contributed by atoms with Crippen LogP contribution in [0.1, 0.15) is 46.0 Å². The highest BCUT2D eigenvalue weighted by Gasteiger charge is 1.95. The molecule has 0 unspecified atom stereocenters. The normalized spacial score (nSPS) is 13.7. The molecular weight excluding hydrogens is 180 g/mol. The van der Waals surface area contributed by atoms with Gasteiger partial charge in [0.05, 0.1) is 13.2 Å². The zero-order chi connectivity index (χ0) is 11.1. The van der Waals surface area contributed by atoms with Crippen LogP contribution < -0.4 is 0 Å². The first-order chi connectivity index (χ1) is 6.83. The van der Waals surface area contributed by atoms with Crippen molar-refractivity contribution in [2.75, 3.05) is 26.4 Å². The maximum Gasteiger partial charge on any atom is 0.0662 e. The molecular formula is C11H26O3. The molecule has 3 heteroatoms. The van der Waals surface area contributed by atoms with Crippen LogP contribution in [0.5, 0.6) is 0 Å². The Hall–Kier alpha value is -0.120. The fraction of sp³-hybridized carbons (Fsp3) is 1.00. The highest BCUT2D eigenvalue weighted by molar-refractivity contribution is 4.51. The molecule has 0 aromatic rings. The van der Waals surface area contributed by atoms with E-state index in [0.717, 1.165) is 13.2 Å². The average molecular weight is 206 g/mol. The lowest BCUT2D eigenvalue weighted by Gasteiger charge is -1.86. The van der Waals surface area contributed by atoms with E-state index in [1.54, 1.807) is 0 Å². The Labute approximate surface area is 88.1 Å². The largest absolute Gasteiger partial charge is 0.394 e. The first-order valence-electron chi connectivity index (χ1n) is 5.62. The van der Waals surface area contributed by atoms with Crippen molar-refractivity contribution in [2.45, 2.75) is 46.0 Å². The Morgan fingerprint density at radius 1 is 0.786 bits per heavy atom. The van der Waals surface area contributed by atoms with Gasteiger partial charge in [-0.05, 0) is 13.8 Å². The predicted octanol–water partition coefficient (Wildman–Crippen LogP) is 1.96. The Morgan fingerprint density at radius 3 is 1.14 bits per heavy atom. The Morgan fingerprint density at radius 2 is 1.07 bits per heavy atom. The van der Waals surface area contributed by atoms with Crippen LogP contribution in [0.25, 0.3) is 0 Å². The number of hydrogen-bond acceptors (Lipinski definition) is 3. The molecule has 0 bridgehead atoms. The summed E-state index contributed by atoms with van der Waals surface area (Å²) in [6.45, 7) is 5.42. The molecule has 88 valence electrons. The number of aliphatic hydroxyl groups excluding tert-OH is 2. The first-order valence-corrected chi connectivity index (χ1v) is 5.62. The second-order valence-electron chi connectivity index (χ2n) is 3.00. The van der Waals surface area contributed by atoms with E-state index < -0.39 is 0 Å². The van der Waals surface area contributed by atoms with Gasteiger partial charge in [0.1, 0.15) is 0 Å². The van der Waals surface area contributed by atoms with Crippen molar-refractivity contribution in [3.63, 3.8) is 0 Å². The zero-order valence-electron chi connectivity index (χ0n) is 9.67. The molecule has 2 N–H and O–H groups in total. The van der Waals surface area contributed by atoms with E-state index in [-0.39, 0.29) is 13.2 Å². The van der Waals surface area contributed by atoms with Gasteiger partial charge in [-0.15, -0.1) is 0 Å². The molecule has 0 heterocycles. The van der Waals surface area contributed by atoms with Crippen LogP contribution in [0.3, 0.4) is 0 Å². The van der Waals surface area contributed by atoms with Crippen molar-refractivity contribution in [3.8, 4) is 0 Å². The molecule has 1 fully saturated rings. The van der Waals surface area contributed by atoms with Gasteiger partial charge >= 0.3 is 0 Å². The fourth-order valence-corrected chi connectivity index (χ4v) is 1.09. The van der Waals surface area contributed by atoms with Crippen LogP contribution in [0, 0.1) is 0 Å². The Kier molecular flexibility index (Phi) is 21.7. The van der Waals surface area contributed by atoms with Crippen molar-refractivity contribution in [2.24, 2.45) is 0 Å². The summed E-state index contributed by atoms with van der Waals surface area (Å²) >= 11 is 0.